The number of nitrogens with zero attached hydrogens (tertiary/aromatic N) is 1. The van der Waals surface area contributed by atoms with Gasteiger partial charge >= 0.3 is 0 Å². The van der Waals surface area contributed by atoms with Crippen LogP contribution in [0.25, 0.3) is 6.08 Å². The van der Waals surface area contributed by atoms with Gasteiger partial charge in [0.25, 0.3) is 0 Å². The fourth-order valence-corrected chi connectivity index (χ4v) is 3.24. The maximum absolute atomic E-state index is 6.04. The van der Waals surface area contributed by atoms with Crippen LogP contribution in [0.4, 0.5) is 0 Å². The maximum atomic E-state index is 6.04. The second-order valence-corrected chi connectivity index (χ2v) is 6.53. The van der Waals surface area contributed by atoms with E-state index in [2.05, 4.69) is 41.6 Å². The summed E-state index contributed by atoms with van der Waals surface area (Å²) < 4.78 is 5.25. The molecule has 0 N–H and O–H groups in total. The van der Waals surface area contributed by atoms with Crippen molar-refractivity contribution in [3.05, 3.63) is 108 Å². The summed E-state index contributed by atoms with van der Waals surface area (Å²) in [7, 11) is 1.67. The first kappa shape index (κ1) is 17.1. The molecule has 134 valence electrons. The van der Waals surface area contributed by atoms with Gasteiger partial charge in [0, 0.05) is 12.0 Å². The highest BCUT2D eigenvalue weighted by Crippen LogP contribution is 2.38. The third-order valence-corrected chi connectivity index (χ3v) is 4.78. The van der Waals surface area contributed by atoms with Crippen molar-refractivity contribution in [3.8, 4) is 5.75 Å². The van der Waals surface area contributed by atoms with E-state index in [1.807, 2.05) is 60.7 Å². The number of hydrogen-bond donors (Lipinski definition) is 0. The van der Waals surface area contributed by atoms with Gasteiger partial charge in [0.15, 0.2) is 5.60 Å². The van der Waals surface area contributed by atoms with Crippen molar-refractivity contribution < 1.29 is 9.57 Å². The Balaban J connectivity index is 1.65. The normalized spacial score (nSPS) is 18.9. The lowest BCUT2D eigenvalue weighted by atomic mass is 9.86. The van der Waals surface area contributed by atoms with Gasteiger partial charge in [0.2, 0.25) is 0 Å². The lowest BCUT2D eigenvalue weighted by Gasteiger charge is -2.23. The van der Waals surface area contributed by atoms with E-state index in [9.17, 15) is 0 Å². The molecule has 4 rings (SSSR count). The van der Waals surface area contributed by atoms with Crippen LogP contribution in [-0.4, -0.2) is 12.8 Å². The standard InChI is InChI=1S/C24H21NO2/c1-26-22-14-12-20(13-15-22)23-18-24(27-25-23,21-10-6-3-7-11-21)17-16-19-8-4-2-5-9-19/h2-17H,18H2,1H3/b17-16+. The summed E-state index contributed by atoms with van der Waals surface area (Å²) in [5.41, 5.74) is 3.59. The van der Waals surface area contributed by atoms with Crippen molar-refractivity contribution in [2.45, 2.75) is 12.0 Å². The molecule has 1 aliphatic rings. The van der Waals surface area contributed by atoms with Crippen molar-refractivity contribution in [2.75, 3.05) is 7.11 Å². The minimum atomic E-state index is -0.605. The molecule has 1 heterocycles. The molecule has 3 heteroatoms. The summed E-state index contributed by atoms with van der Waals surface area (Å²) >= 11 is 0. The van der Waals surface area contributed by atoms with E-state index in [1.165, 1.54) is 0 Å². The Labute approximate surface area is 159 Å². The fraction of sp³-hybridized carbons (Fsp3) is 0.125. The molecule has 0 aliphatic carbocycles. The van der Waals surface area contributed by atoms with Crippen LogP contribution in [0.5, 0.6) is 5.75 Å². The lowest BCUT2D eigenvalue weighted by molar-refractivity contribution is 0.0184. The van der Waals surface area contributed by atoms with E-state index >= 15 is 0 Å². The molecule has 0 amide bonds. The van der Waals surface area contributed by atoms with Gasteiger partial charge in [0.05, 0.1) is 12.8 Å². The van der Waals surface area contributed by atoms with Gasteiger partial charge in [-0.05, 0) is 41.5 Å². The van der Waals surface area contributed by atoms with Crippen molar-refractivity contribution in [2.24, 2.45) is 5.16 Å². The summed E-state index contributed by atoms with van der Waals surface area (Å²) in [5, 5.41) is 4.43. The molecule has 0 aromatic heterocycles. The molecule has 1 aliphatic heterocycles. The van der Waals surface area contributed by atoms with E-state index in [0.717, 1.165) is 28.2 Å². The molecule has 27 heavy (non-hydrogen) atoms. The molecule has 3 aromatic carbocycles. The minimum Gasteiger partial charge on any atom is -0.497 e. The van der Waals surface area contributed by atoms with Crippen molar-refractivity contribution in [1.29, 1.82) is 0 Å². The zero-order valence-corrected chi connectivity index (χ0v) is 15.2. The molecule has 0 saturated heterocycles. The third-order valence-electron chi connectivity index (χ3n) is 4.78. The Morgan fingerprint density at radius 2 is 1.56 bits per heavy atom. The maximum Gasteiger partial charge on any atom is 0.186 e. The van der Waals surface area contributed by atoms with Crippen molar-refractivity contribution in [1.82, 2.24) is 0 Å². The van der Waals surface area contributed by atoms with Gasteiger partial charge in [-0.2, -0.15) is 0 Å². The van der Waals surface area contributed by atoms with Gasteiger partial charge in [-0.1, -0.05) is 71.9 Å². The minimum absolute atomic E-state index is 0.605. The van der Waals surface area contributed by atoms with Crippen LogP contribution >= 0.6 is 0 Å². The highest BCUT2D eigenvalue weighted by atomic mass is 16.7. The first-order chi connectivity index (χ1) is 13.3. The SMILES string of the molecule is COc1ccc(C2=NOC(/C=C/c3ccccc3)(c3ccccc3)C2)cc1. The van der Waals surface area contributed by atoms with Gasteiger partial charge in [-0.3, -0.25) is 0 Å². The zero-order chi connectivity index (χ0) is 18.5. The molecule has 0 saturated carbocycles. The van der Waals surface area contributed by atoms with Gasteiger partial charge in [0.1, 0.15) is 5.75 Å². The highest BCUT2D eigenvalue weighted by molar-refractivity contribution is 6.02. The summed E-state index contributed by atoms with van der Waals surface area (Å²) in [6.07, 6.45) is 4.88. The van der Waals surface area contributed by atoms with Crippen molar-refractivity contribution in [3.63, 3.8) is 0 Å². The summed E-state index contributed by atoms with van der Waals surface area (Å²) in [4.78, 5) is 6.04. The van der Waals surface area contributed by atoms with E-state index in [-0.39, 0.29) is 0 Å². The molecular weight excluding hydrogens is 334 g/mol. The Hall–Kier alpha value is -3.33. The number of oxime groups is 1. The third kappa shape index (κ3) is 3.63. The second kappa shape index (κ2) is 7.50. The molecule has 1 unspecified atom stereocenters. The van der Waals surface area contributed by atoms with E-state index in [0.29, 0.717) is 6.42 Å². The van der Waals surface area contributed by atoms with Gasteiger partial charge in [-0.15, -0.1) is 0 Å². The summed E-state index contributed by atoms with van der Waals surface area (Å²) in [5.74, 6) is 0.830. The number of rotatable bonds is 5. The van der Waals surface area contributed by atoms with Crippen LogP contribution < -0.4 is 4.74 Å². The quantitative estimate of drug-likeness (QED) is 0.611. The van der Waals surface area contributed by atoms with Crippen LogP contribution in [0.2, 0.25) is 0 Å². The largest absolute Gasteiger partial charge is 0.497 e. The Kier molecular flexibility index (Phi) is 4.75. The Bertz CT molecular complexity index is 947. The molecule has 0 bridgehead atoms. The highest BCUT2D eigenvalue weighted by Gasteiger charge is 2.39. The van der Waals surface area contributed by atoms with Gasteiger partial charge < -0.3 is 9.57 Å². The van der Waals surface area contributed by atoms with E-state index in [4.69, 9.17) is 9.57 Å². The van der Waals surface area contributed by atoms with Crippen LogP contribution in [0.1, 0.15) is 23.1 Å². The molecule has 0 spiro atoms. The molecule has 3 aromatic rings. The van der Waals surface area contributed by atoms with Gasteiger partial charge in [-0.25, -0.2) is 0 Å². The van der Waals surface area contributed by atoms with Crippen LogP contribution in [0.3, 0.4) is 0 Å². The number of hydrogen-bond acceptors (Lipinski definition) is 3. The molecule has 0 fully saturated rings. The molecule has 1 atom stereocenters. The summed E-state index contributed by atoms with van der Waals surface area (Å²) in [6, 6.07) is 28.4. The van der Waals surface area contributed by atoms with E-state index < -0.39 is 5.60 Å². The molecule has 3 nitrogen and oxygen atoms in total. The lowest BCUT2D eigenvalue weighted by Crippen LogP contribution is -2.23. The summed E-state index contributed by atoms with van der Waals surface area (Å²) in [6.45, 7) is 0. The van der Waals surface area contributed by atoms with Crippen LogP contribution in [0, 0.1) is 0 Å². The zero-order valence-electron chi connectivity index (χ0n) is 15.2. The first-order valence-corrected chi connectivity index (χ1v) is 8.98. The Morgan fingerprint density at radius 3 is 2.22 bits per heavy atom. The topological polar surface area (TPSA) is 30.8 Å². The molecular formula is C24H21NO2. The fourth-order valence-electron chi connectivity index (χ4n) is 3.24. The van der Waals surface area contributed by atoms with Crippen LogP contribution in [-0.2, 0) is 10.4 Å². The number of benzene rings is 3. The predicted octanol–water partition coefficient (Wildman–Crippen LogP) is 5.43. The first-order valence-electron chi connectivity index (χ1n) is 8.98. The van der Waals surface area contributed by atoms with E-state index in [1.54, 1.807) is 7.11 Å². The van der Waals surface area contributed by atoms with Crippen LogP contribution in [0.15, 0.2) is 96.2 Å². The average Bonchev–Trinajstić information content (AvgIpc) is 3.19. The smallest absolute Gasteiger partial charge is 0.186 e. The van der Waals surface area contributed by atoms with Crippen molar-refractivity contribution >= 4 is 11.8 Å². The average molecular weight is 355 g/mol. The number of methoxy groups -OCH3 is 1. The molecule has 0 radical (unpaired) electrons. The Morgan fingerprint density at radius 1 is 0.889 bits per heavy atom. The number of ether oxygens (including phenoxy) is 1. The second-order valence-electron chi connectivity index (χ2n) is 6.53. The monoisotopic (exact) mass is 355 g/mol. The predicted molar refractivity (Wildman–Crippen MR) is 109 cm³/mol.